The summed E-state index contributed by atoms with van der Waals surface area (Å²) in [5.41, 5.74) is -1.35. The van der Waals surface area contributed by atoms with Gasteiger partial charge >= 0.3 is 6.18 Å². The molecule has 1 aromatic rings. The molecular weight excluding hydrogens is 233 g/mol. The van der Waals surface area contributed by atoms with Gasteiger partial charge in [0.2, 0.25) is 0 Å². The Balaban J connectivity index is 2.46. The molecule has 0 heterocycles. The predicted octanol–water partition coefficient (Wildman–Crippen LogP) is 2.13. The molecule has 0 saturated heterocycles. The number of rotatable bonds is 1. The largest absolute Gasteiger partial charge is 0.417 e. The molecule has 0 unspecified atom stereocenters. The molecule has 17 heavy (non-hydrogen) atoms. The topological polar surface area (TPSA) is 40.5 Å². The smallest absolute Gasteiger partial charge is 0.382 e. The molecule has 0 radical (unpaired) electrons. The Morgan fingerprint density at radius 1 is 1.24 bits per heavy atom. The minimum Gasteiger partial charge on any atom is -0.382 e. The lowest BCUT2D eigenvalue weighted by molar-refractivity contribution is -0.263. The number of aryl methyl sites for hydroxylation is 1. The summed E-state index contributed by atoms with van der Waals surface area (Å²) in [6, 6.07) is 6.41. The van der Waals surface area contributed by atoms with E-state index in [1.54, 1.807) is 18.2 Å². The maximum absolute atomic E-state index is 12.6. The average Bonchev–Trinajstić information content (AvgIpc) is 2.27. The minimum atomic E-state index is -4.82. The van der Waals surface area contributed by atoms with Gasteiger partial charge in [-0.15, -0.1) is 0 Å². The third-order valence-electron chi connectivity index (χ3n) is 3.25. The molecule has 0 fully saturated rings. The normalized spacial score (nSPS) is 26.4. The van der Waals surface area contributed by atoms with E-state index in [1.807, 2.05) is 0 Å². The van der Waals surface area contributed by atoms with Crippen molar-refractivity contribution in [2.75, 3.05) is 0 Å². The van der Waals surface area contributed by atoms with Crippen LogP contribution in [0.25, 0.3) is 0 Å². The van der Waals surface area contributed by atoms with Gasteiger partial charge in [0.1, 0.15) is 5.60 Å². The fraction of sp³-hybridized carbons (Fsp3) is 0.500. The Labute approximate surface area is 96.7 Å². The summed E-state index contributed by atoms with van der Waals surface area (Å²) in [7, 11) is 0. The van der Waals surface area contributed by atoms with Gasteiger partial charge in [-0.3, -0.25) is 0 Å². The second kappa shape index (κ2) is 3.99. The molecule has 2 nitrogen and oxygen atoms in total. The standard InChI is InChI=1S/C12H13F3O2/c13-12(14,15)10(16)11(17)7-3-5-8-4-1-2-6-9(8)11/h1-2,4,6,10,16-17H,3,5,7H2/t10-,11+/m0/s1. The van der Waals surface area contributed by atoms with E-state index in [4.69, 9.17) is 0 Å². The molecule has 0 amide bonds. The Kier molecular flexibility index (Phi) is 2.91. The zero-order valence-corrected chi connectivity index (χ0v) is 9.04. The van der Waals surface area contributed by atoms with Crippen molar-refractivity contribution in [3.05, 3.63) is 35.4 Å². The lowest BCUT2D eigenvalue weighted by Crippen LogP contribution is -2.50. The summed E-state index contributed by atoms with van der Waals surface area (Å²) < 4.78 is 37.7. The highest BCUT2D eigenvalue weighted by Crippen LogP contribution is 2.42. The first kappa shape index (κ1) is 12.4. The number of halogens is 3. The fourth-order valence-corrected chi connectivity index (χ4v) is 2.40. The average molecular weight is 246 g/mol. The van der Waals surface area contributed by atoms with Crippen LogP contribution in [-0.2, 0) is 12.0 Å². The molecule has 1 aliphatic carbocycles. The number of aliphatic hydroxyl groups is 2. The van der Waals surface area contributed by atoms with Crippen molar-refractivity contribution < 1.29 is 23.4 Å². The summed E-state index contributed by atoms with van der Waals surface area (Å²) in [5.74, 6) is 0. The summed E-state index contributed by atoms with van der Waals surface area (Å²) >= 11 is 0. The molecule has 0 saturated carbocycles. The Morgan fingerprint density at radius 2 is 1.88 bits per heavy atom. The van der Waals surface area contributed by atoms with E-state index in [2.05, 4.69) is 0 Å². The molecule has 1 aliphatic rings. The lowest BCUT2D eigenvalue weighted by Gasteiger charge is -2.38. The maximum atomic E-state index is 12.6. The third-order valence-corrected chi connectivity index (χ3v) is 3.25. The zero-order chi connectivity index (χ0) is 12.7. The van der Waals surface area contributed by atoms with Crippen LogP contribution in [0.5, 0.6) is 0 Å². The maximum Gasteiger partial charge on any atom is 0.417 e. The number of hydrogen-bond donors (Lipinski definition) is 2. The van der Waals surface area contributed by atoms with Crippen molar-refractivity contribution >= 4 is 0 Å². The quantitative estimate of drug-likeness (QED) is 0.797. The van der Waals surface area contributed by atoms with Crippen LogP contribution in [0.15, 0.2) is 24.3 Å². The van der Waals surface area contributed by atoms with E-state index in [0.717, 1.165) is 0 Å². The predicted molar refractivity (Wildman–Crippen MR) is 55.3 cm³/mol. The van der Waals surface area contributed by atoms with E-state index in [0.29, 0.717) is 18.4 Å². The van der Waals surface area contributed by atoms with Gasteiger partial charge < -0.3 is 10.2 Å². The number of benzene rings is 1. The Hall–Kier alpha value is -1.07. The monoisotopic (exact) mass is 246 g/mol. The van der Waals surface area contributed by atoms with Crippen LogP contribution in [0, 0.1) is 0 Å². The Morgan fingerprint density at radius 3 is 2.53 bits per heavy atom. The van der Waals surface area contributed by atoms with Crippen LogP contribution in [0.2, 0.25) is 0 Å². The first-order valence-electron chi connectivity index (χ1n) is 5.41. The minimum absolute atomic E-state index is 0.0787. The van der Waals surface area contributed by atoms with E-state index in [1.165, 1.54) is 6.07 Å². The molecule has 2 atom stereocenters. The molecule has 5 heteroatoms. The third kappa shape index (κ3) is 2.05. The van der Waals surface area contributed by atoms with E-state index >= 15 is 0 Å². The van der Waals surface area contributed by atoms with Crippen LogP contribution >= 0.6 is 0 Å². The number of aliphatic hydroxyl groups excluding tert-OH is 1. The number of alkyl halides is 3. The highest BCUT2D eigenvalue weighted by atomic mass is 19.4. The molecule has 2 N–H and O–H groups in total. The van der Waals surface area contributed by atoms with E-state index < -0.39 is 17.9 Å². The van der Waals surface area contributed by atoms with Crippen molar-refractivity contribution in [2.24, 2.45) is 0 Å². The van der Waals surface area contributed by atoms with Crippen molar-refractivity contribution in [3.63, 3.8) is 0 Å². The van der Waals surface area contributed by atoms with E-state index in [9.17, 15) is 23.4 Å². The van der Waals surface area contributed by atoms with Crippen LogP contribution in [0.4, 0.5) is 13.2 Å². The van der Waals surface area contributed by atoms with Crippen LogP contribution < -0.4 is 0 Å². The first-order chi connectivity index (χ1) is 7.86. The van der Waals surface area contributed by atoms with Crippen molar-refractivity contribution in [1.82, 2.24) is 0 Å². The van der Waals surface area contributed by atoms with Gasteiger partial charge in [0.25, 0.3) is 0 Å². The first-order valence-corrected chi connectivity index (χ1v) is 5.41. The molecule has 1 aromatic carbocycles. The van der Waals surface area contributed by atoms with Gasteiger partial charge in [-0.1, -0.05) is 24.3 Å². The van der Waals surface area contributed by atoms with E-state index in [-0.39, 0.29) is 12.0 Å². The Bertz CT molecular complexity index is 416. The van der Waals surface area contributed by atoms with Gasteiger partial charge in [-0.05, 0) is 30.4 Å². The molecular formula is C12H13F3O2. The molecule has 94 valence electrons. The van der Waals surface area contributed by atoms with Crippen LogP contribution in [-0.4, -0.2) is 22.5 Å². The summed E-state index contributed by atoms with van der Waals surface area (Å²) in [6.07, 6.45) is -6.58. The van der Waals surface area contributed by atoms with Crippen molar-refractivity contribution in [1.29, 1.82) is 0 Å². The SMILES string of the molecule is O[C@H](C(F)(F)F)[C@@]1(O)CCCc2ccccc21. The molecule has 0 aliphatic heterocycles. The lowest BCUT2D eigenvalue weighted by atomic mass is 9.75. The summed E-state index contributed by atoms with van der Waals surface area (Å²) in [5, 5.41) is 19.5. The second-order valence-corrected chi connectivity index (χ2v) is 4.38. The molecule has 0 spiro atoms. The van der Waals surface area contributed by atoms with Gasteiger partial charge in [0.05, 0.1) is 0 Å². The van der Waals surface area contributed by atoms with Crippen molar-refractivity contribution in [3.8, 4) is 0 Å². The van der Waals surface area contributed by atoms with Gasteiger partial charge in [0.15, 0.2) is 6.10 Å². The highest BCUT2D eigenvalue weighted by molar-refractivity contribution is 5.36. The molecule has 0 bridgehead atoms. The van der Waals surface area contributed by atoms with Gasteiger partial charge in [0, 0.05) is 0 Å². The summed E-state index contributed by atoms with van der Waals surface area (Å²) in [6.45, 7) is 0. The van der Waals surface area contributed by atoms with Crippen molar-refractivity contribution in [2.45, 2.75) is 37.1 Å². The fourth-order valence-electron chi connectivity index (χ4n) is 2.40. The number of fused-ring (bicyclic) bond motifs is 1. The van der Waals surface area contributed by atoms with Gasteiger partial charge in [-0.25, -0.2) is 0 Å². The summed E-state index contributed by atoms with van der Waals surface area (Å²) in [4.78, 5) is 0. The van der Waals surface area contributed by atoms with Crippen LogP contribution in [0.3, 0.4) is 0 Å². The second-order valence-electron chi connectivity index (χ2n) is 4.38. The molecule has 2 rings (SSSR count). The highest BCUT2D eigenvalue weighted by Gasteiger charge is 2.54. The molecule has 0 aromatic heterocycles. The van der Waals surface area contributed by atoms with Gasteiger partial charge in [-0.2, -0.15) is 13.2 Å². The zero-order valence-electron chi connectivity index (χ0n) is 9.04. The van der Waals surface area contributed by atoms with Crippen LogP contribution in [0.1, 0.15) is 24.0 Å². The number of hydrogen-bond acceptors (Lipinski definition) is 2.